The van der Waals surface area contributed by atoms with E-state index in [9.17, 15) is 4.79 Å². The standard InChI is InChI=1S/C22H34N2O3/c1-3-24(4-2)22(25)20-8-6-11-23(15-20)14-18-7-5-9-21(13-18)27-17-19-10-12-26-16-19/h5,7,9,13,19-20H,3-4,6,8,10-12,14-17H2,1-2H3. The number of ether oxygens (including phenoxy) is 2. The van der Waals surface area contributed by atoms with Crippen LogP contribution in [0, 0.1) is 11.8 Å². The van der Waals surface area contributed by atoms with Crippen LogP contribution in [0.4, 0.5) is 0 Å². The van der Waals surface area contributed by atoms with Crippen LogP contribution >= 0.6 is 0 Å². The Morgan fingerprint density at radius 1 is 1.30 bits per heavy atom. The molecule has 0 saturated carbocycles. The first kappa shape index (κ1) is 20.2. The summed E-state index contributed by atoms with van der Waals surface area (Å²) in [4.78, 5) is 17.1. The molecule has 5 heteroatoms. The number of carbonyl (C=O) groups is 1. The number of carbonyl (C=O) groups excluding carboxylic acids is 1. The van der Waals surface area contributed by atoms with E-state index in [0.717, 1.165) is 77.6 Å². The van der Waals surface area contributed by atoms with Crippen LogP contribution in [-0.2, 0) is 16.1 Å². The SMILES string of the molecule is CCN(CC)C(=O)C1CCCN(Cc2cccc(OCC3CCOC3)c2)C1. The van der Waals surface area contributed by atoms with Crippen molar-refractivity contribution in [1.82, 2.24) is 9.80 Å². The van der Waals surface area contributed by atoms with E-state index in [1.807, 2.05) is 11.0 Å². The topological polar surface area (TPSA) is 42.0 Å². The van der Waals surface area contributed by atoms with Gasteiger partial charge in [-0.1, -0.05) is 12.1 Å². The summed E-state index contributed by atoms with van der Waals surface area (Å²) in [6, 6.07) is 8.40. The summed E-state index contributed by atoms with van der Waals surface area (Å²) < 4.78 is 11.4. The Labute approximate surface area is 163 Å². The van der Waals surface area contributed by atoms with E-state index >= 15 is 0 Å². The fourth-order valence-corrected chi connectivity index (χ4v) is 4.11. The summed E-state index contributed by atoms with van der Waals surface area (Å²) in [7, 11) is 0. The molecule has 1 aromatic rings. The van der Waals surface area contributed by atoms with Crippen molar-refractivity contribution in [2.75, 3.05) is 46.0 Å². The Morgan fingerprint density at radius 2 is 2.15 bits per heavy atom. The highest BCUT2D eigenvalue weighted by atomic mass is 16.5. The largest absolute Gasteiger partial charge is 0.493 e. The van der Waals surface area contributed by atoms with Crippen LogP contribution in [0.3, 0.4) is 0 Å². The van der Waals surface area contributed by atoms with Crippen LogP contribution in [0.25, 0.3) is 0 Å². The number of amides is 1. The lowest BCUT2D eigenvalue weighted by molar-refractivity contribution is -0.137. The van der Waals surface area contributed by atoms with Gasteiger partial charge in [0.1, 0.15) is 5.75 Å². The third kappa shape index (κ3) is 5.69. The van der Waals surface area contributed by atoms with Gasteiger partial charge in [-0.25, -0.2) is 0 Å². The Kier molecular flexibility index (Phi) is 7.53. The number of hydrogen-bond acceptors (Lipinski definition) is 4. The smallest absolute Gasteiger partial charge is 0.226 e. The monoisotopic (exact) mass is 374 g/mol. The second kappa shape index (κ2) is 10.1. The van der Waals surface area contributed by atoms with E-state index in [4.69, 9.17) is 9.47 Å². The number of rotatable bonds is 8. The third-order valence-corrected chi connectivity index (χ3v) is 5.74. The molecule has 2 atom stereocenters. The molecule has 2 aliphatic heterocycles. The van der Waals surface area contributed by atoms with Crippen LogP contribution in [-0.4, -0.2) is 61.7 Å². The normalized spacial score (nSPS) is 23.3. The molecule has 3 rings (SSSR count). The quantitative estimate of drug-likeness (QED) is 0.701. The second-order valence-electron chi connectivity index (χ2n) is 7.77. The summed E-state index contributed by atoms with van der Waals surface area (Å²) in [5.41, 5.74) is 1.26. The predicted molar refractivity (Wildman–Crippen MR) is 107 cm³/mol. The summed E-state index contributed by atoms with van der Waals surface area (Å²) >= 11 is 0. The van der Waals surface area contributed by atoms with Gasteiger partial charge in [0.2, 0.25) is 5.91 Å². The van der Waals surface area contributed by atoms with Crippen LogP contribution in [0.2, 0.25) is 0 Å². The molecule has 150 valence electrons. The van der Waals surface area contributed by atoms with Gasteiger partial charge in [0.15, 0.2) is 0 Å². The zero-order valence-corrected chi connectivity index (χ0v) is 16.9. The van der Waals surface area contributed by atoms with E-state index in [2.05, 4.69) is 36.9 Å². The van der Waals surface area contributed by atoms with Crippen molar-refractivity contribution in [2.24, 2.45) is 11.8 Å². The van der Waals surface area contributed by atoms with E-state index in [1.54, 1.807) is 0 Å². The van der Waals surface area contributed by atoms with Crippen LogP contribution in [0.15, 0.2) is 24.3 Å². The molecule has 0 spiro atoms. The molecule has 0 aliphatic carbocycles. The minimum absolute atomic E-state index is 0.139. The van der Waals surface area contributed by atoms with Gasteiger partial charge in [-0.15, -0.1) is 0 Å². The van der Waals surface area contributed by atoms with E-state index in [-0.39, 0.29) is 5.92 Å². The maximum atomic E-state index is 12.7. The molecule has 2 heterocycles. The highest BCUT2D eigenvalue weighted by Gasteiger charge is 2.28. The van der Waals surface area contributed by atoms with Gasteiger partial charge in [-0.3, -0.25) is 9.69 Å². The lowest BCUT2D eigenvalue weighted by Crippen LogP contribution is -2.44. The average molecular weight is 375 g/mol. The fourth-order valence-electron chi connectivity index (χ4n) is 4.11. The number of benzene rings is 1. The van der Waals surface area contributed by atoms with Crippen LogP contribution < -0.4 is 4.74 Å². The van der Waals surface area contributed by atoms with Crippen molar-refractivity contribution in [3.05, 3.63) is 29.8 Å². The van der Waals surface area contributed by atoms with Gasteiger partial charge in [-0.2, -0.15) is 0 Å². The molecule has 2 aliphatic rings. The van der Waals surface area contributed by atoms with Gasteiger partial charge in [0.05, 0.1) is 19.1 Å². The van der Waals surface area contributed by atoms with Gasteiger partial charge >= 0.3 is 0 Å². The first-order chi connectivity index (χ1) is 13.2. The maximum Gasteiger partial charge on any atom is 0.226 e. The number of hydrogen-bond donors (Lipinski definition) is 0. The highest BCUT2D eigenvalue weighted by Crippen LogP contribution is 2.23. The second-order valence-corrected chi connectivity index (χ2v) is 7.77. The molecule has 0 N–H and O–H groups in total. The van der Waals surface area contributed by atoms with E-state index < -0.39 is 0 Å². The molecule has 27 heavy (non-hydrogen) atoms. The molecule has 1 amide bonds. The molecule has 5 nitrogen and oxygen atoms in total. The van der Waals surface area contributed by atoms with Gasteiger partial charge < -0.3 is 14.4 Å². The zero-order chi connectivity index (χ0) is 19.1. The first-order valence-electron chi connectivity index (χ1n) is 10.5. The molecule has 0 radical (unpaired) electrons. The molecule has 1 aromatic carbocycles. The third-order valence-electron chi connectivity index (χ3n) is 5.74. The average Bonchev–Trinajstić information content (AvgIpc) is 3.21. The molecule has 2 saturated heterocycles. The van der Waals surface area contributed by atoms with E-state index in [1.165, 1.54) is 5.56 Å². The van der Waals surface area contributed by atoms with Crippen molar-refractivity contribution >= 4 is 5.91 Å². The first-order valence-corrected chi connectivity index (χ1v) is 10.5. The Hall–Kier alpha value is -1.59. The fraction of sp³-hybridized carbons (Fsp3) is 0.682. The maximum absolute atomic E-state index is 12.7. The Balaban J connectivity index is 1.53. The van der Waals surface area contributed by atoms with Crippen molar-refractivity contribution in [2.45, 2.75) is 39.7 Å². The number of nitrogens with zero attached hydrogens (tertiary/aromatic N) is 2. The van der Waals surface area contributed by atoms with Gasteiger partial charge in [0, 0.05) is 38.7 Å². The Morgan fingerprint density at radius 3 is 2.89 bits per heavy atom. The molecule has 2 fully saturated rings. The number of likely N-dealkylation sites (tertiary alicyclic amines) is 1. The van der Waals surface area contributed by atoms with Crippen LogP contribution in [0.1, 0.15) is 38.7 Å². The van der Waals surface area contributed by atoms with Gasteiger partial charge in [0.25, 0.3) is 0 Å². The lowest BCUT2D eigenvalue weighted by atomic mass is 9.96. The summed E-state index contributed by atoms with van der Waals surface area (Å²) in [6.07, 6.45) is 3.20. The minimum Gasteiger partial charge on any atom is -0.493 e. The van der Waals surface area contributed by atoms with Crippen LogP contribution in [0.5, 0.6) is 5.75 Å². The summed E-state index contributed by atoms with van der Waals surface area (Å²) in [5.74, 6) is 1.91. The Bertz CT molecular complexity index is 597. The van der Waals surface area contributed by atoms with E-state index in [0.29, 0.717) is 11.8 Å². The molecule has 0 aromatic heterocycles. The summed E-state index contributed by atoms with van der Waals surface area (Å²) in [5, 5.41) is 0. The summed E-state index contributed by atoms with van der Waals surface area (Å²) in [6.45, 7) is 10.9. The van der Waals surface area contributed by atoms with Crippen molar-refractivity contribution in [3.63, 3.8) is 0 Å². The zero-order valence-electron chi connectivity index (χ0n) is 16.9. The van der Waals surface area contributed by atoms with Gasteiger partial charge in [-0.05, 0) is 57.4 Å². The predicted octanol–water partition coefficient (Wildman–Crippen LogP) is 3.18. The van der Waals surface area contributed by atoms with Crippen molar-refractivity contribution < 1.29 is 14.3 Å². The molecule has 2 unspecified atom stereocenters. The molecule has 0 bridgehead atoms. The van der Waals surface area contributed by atoms with Crippen molar-refractivity contribution in [3.8, 4) is 5.75 Å². The highest BCUT2D eigenvalue weighted by molar-refractivity contribution is 5.79. The lowest BCUT2D eigenvalue weighted by Gasteiger charge is -2.34. The number of piperidine rings is 1. The minimum atomic E-state index is 0.139. The molecular formula is C22H34N2O3. The molecular weight excluding hydrogens is 340 g/mol. The van der Waals surface area contributed by atoms with Crippen molar-refractivity contribution in [1.29, 1.82) is 0 Å².